The van der Waals surface area contributed by atoms with Crippen LogP contribution < -0.4 is 0 Å². The molecule has 2 aromatic heterocycles. The Bertz CT molecular complexity index is 854. The monoisotopic (exact) mass is 320 g/mol. The van der Waals surface area contributed by atoms with E-state index in [1.165, 1.54) is 6.33 Å². The molecule has 0 saturated carbocycles. The molecule has 0 fully saturated rings. The van der Waals surface area contributed by atoms with Crippen LogP contribution in [-0.4, -0.2) is 30.0 Å². The van der Waals surface area contributed by atoms with Gasteiger partial charge in [0.15, 0.2) is 18.3 Å². The molecule has 0 aliphatic heterocycles. The Morgan fingerprint density at radius 1 is 1.35 bits per heavy atom. The third-order valence-corrected chi connectivity index (χ3v) is 3.31. The van der Waals surface area contributed by atoms with E-state index in [-0.39, 0.29) is 18.1 Å². The summed E-state index contributed by atoms with van der Waals surface area (Å²) < 4.78 is 29.2. The lowest BCUT2D eigenvalue weighted by Gasteiger charge is -2.07. The lowest BCUT2D eigenvalue weighted by molar-refractivity contribution is 0.0735. The summed E-state index contributed by atoms with van der Waals surface area (Å²) >= 11 is 0. The van der Waals surface area contributed by atoms with E-state index in [1.807, 2.05) is 0 Å². The van der Waals surface area contributed by atoms with Gasteiger partial charge in [0.2, 0.25) is 0 Å². The summed E-state index contributed by atoms with van der Waals surface area (Å²) in [6.45, 7) is -1.07. The molecule has 0 amide bonds. The molecule has 3 rings (SSSR count). The molecule has 0 aliphatic carbocycles. The molecule has 120 valence electrons. The maximum Gasteiger partial charge on any atom is 0.320 e. The van der Waals surface area contributed by atoms with Gasteiger partial charge < -0.3 is 9.40 Å². The Labute approximate surface area is 130 Å². The fourth-order valence-electron chi connectivity index (χ4n) is 2.16. The Kier molecular flexibility index (Phi) is 4.00. The van der Waals surface area contributed by atoms with E-state index in [2.05, 4.69) is 20.3 Å². The Morgan fingerprint density at radius 2 is 2.13 bits per heavy atom. The third-order valence-electron chi connectivity index (χ3n) is 3.31. The van der Waals surface area contributed by atoms with Crippen LogP contribution in [0.25, 0.3) is 11.0 Å². The van der Waals surface area contributed by atoms with Gasteiger partial charge >= 0.3 is 6.55 Å². The number of alkyl halides is 2. The van der Waals surface area contributed by atoms with Crippen LogP contribution in [0.3, 0.4) is 0 Å². The van der Waals surface area contributed by atoms with Crippen molar-refractivity contribution in [2.45, 2.75) is 20.1 Å². The quantitative estimate of drug-likeness (QED) is 0.535. The summed E-state index contributed by atoms with van der Waals surface area (Å²) in [6, 6.07) is 6.69. The van der Waals surface area contributed by atoms with Crippen LogP contribution in [-0.2, 0) is 18.5 Å². The van der Waals surface area contributed by atoms with Gasteiger partial charge in [-0.2, -0.15) is 8.78 Å². The highest BCUT2D eigenvalue weighted by atomic mass is 19.3. The minimum Gasteiger partial charge on any atom is -0.387 e. The molecule has 0 radical (unpaired) electrons. The standard InChI is InChI=1S/C14H14F2N6O/c1-9(20-23-7-12-19-17-8-21(12)2)13-18-10-5-3-4-6-11(10)22(13)14(15)16/h3-6,8,14H,7H2,1-2H3/b20-9+. The first kappa shape index (κ1) is 15.1. The smallest absolute Gasteiger partial charge is 0.320 e. The van der Waals surface area contributed by atoms with Crippen molar-refractivity contribution in [2.75, 3.05) is 0 Å². The van der Waals surface area contributed by atoms with Gasteiger partial charge in [-0.1, -0.05) is 17.3 Å². The van der Waals surface area contributed by atoms with Crippen LogP contribution in [0.5, 0.6) is 0 Å². The summed E-state index contributed by atoms with van der Waals surface area (Å²) in [5, 5.41) is 11.4. The average Bonchev–Trinajstić information content (AvgIpc) is 3.11. The fourth-order valence-corrected chi connectivity index (χ4v) is 2.16. The topological polar surface area (TPSA) is 70.1 Å². The Morgan fingerprint density at radius 3 is 2.83 bits per heavy atom. The average molecular weight is 320 g/mol. The highest BCUT2D eigenvalue weighted by Crippen LogP contribution is 2.23. The van der Waals surface area contributed by atoms with Crippen molar-refractivity contribution >= 4 is 16.7 Å². The minimum absolute atomic E-state index is 0.0687. The summed E-state index contributed by atoms with van der Waals surface area (Å²) in [4.78, 5) is 9.38. The maximum absolute atomic E-state index is 13.4. The predicted octanol–water partition coefficient (Wildman–Crippen LogP) is 2.50. The zero-order chi connectivity index (χ0) is 16.4. The number of para-hydroxylation sites is 2. The summed E-state index contributed by atoms with van der Waals surface area (Å²) in [5.41, 5.74) is 1.08. The molecule has 9 heteroatoms. The van der Waals surface area contributed by atoms with E-state index in [9.17, 15) is 8.78 Å². The third kappa shape index (κ3) is 2.89. The number of oxime groups is 1. The van der Waals surface area contributed by atoms with Crippen molar-refractivity contribution in [1.29, 1.82) is 0 Å². The number of nitrogens with zero attached hydrogens (tertiary/aromatic N) is 6. The van der Waals surface area contributed by atoms with Gasteiger partial charge in [0.05, 0.1) is 11.0 Å². The number of halogens is 2. The number of fused-ring (bicyclic) bond motifs is 1. The van der Waals surface area contributed by atoms with E-state index in [1.54, 1.807) is 42.8 Å². The van der Waals surface area contributed by atoms with Gasteiger partial charge in [-0.05, 0) is 19.1 Å². The molecule has 7 nitrogen and oxygen atoms in total. The van der Waals surface area contributed by atoms with E-state index < -0.39 is 6.55 Å². The van der Waals surface area contributed by atoms with E-state index in [4.69, 9.17) is 4.84 Å². The molecule has 0 spiro atoms. The van der Waals surface area contributed by atoms with Gasteiger partial charge in [-0.3, -0.25) is 4.57 Å². The maximum atomic E-state index is 13.4. The normalized spacial score (nSPS) is 12.3. The van der Waals surface area contributed by atoms with Crippen LogP contribution in [0.4, 0.5) is 8.78 Å². The molecule has 0 N–H and O–H groups in total. The van der Waals surface area contributed by atoms with Crippen molar-refractivity contribution in [1.82, 2.24) is 24.3 Å². The van der Waals surface area contributed by atoms with Crippen molar-refractivity contribution in [3.63, 3.8) is 0 Å². The van der Waals surface area contributed by atoms with Gasteiger partial charge in [-0.25, -0.2) is 4.98 Å². The first-order valence-electron chi connectivity index (χ1n) is 6.83. The van der Waals surface area contributed by atoms with Crippen LogP contribution in [0, 0.1) is 0 Å². The first-order chi connectivity index (χ1) is 11.1. The van der Waals surface area contributed by atoms with Gasteiger partial charge in [0, 0.05) is 7.05 Å². The largest absolute Gasteiger partial charge is 0.387 e. The van der Waals surface area contributed by atoms with Crippen LogP contribution in [0.15, 0.2) is 35.7 Å². The molecule has 3 aromatic rings. The van der Waals surface area contributed by atoms with Crippen molar-refractivity contribution < 1.29 is 13.6 Å². The number of benzene rings is 1. The van der Waals surface area contributed by atoms with Crippen LogP contribution in [0.2, 0.25) is 0 Å². The number of aromatic nitrogens is 5. The zero-order valence-corrected chi connectivity index (χ0v) is 12.5. The Balaban J connectivity index is 1.88. The minimum atomic E-state index is -2.72. The second-order valence-electron chi connectivity index (χ2n) is 4.88. The molecule has 0 saturated heterocycles. The van der Waals surface area contributed by atoms with Crippen LogP contribution in [0.1, 0.15) is 25.1 Å². The lowest BCUT2D eigenvalue weighted by atomic mass is 10.3. The second-order valence-corrected chi connectivity index (χ2v) is 4.88. The number of imidazole rings is 1. The van der Waals surface area contributed by atoms with Crippen molar-refractivity contribution in [3.8, 4) is 0 Å². The van der Waals surface area contributed by atoms with E-state index in [0.717, 1.165) is 4.57 Å². The lowest BCUT2D eigenvalue weighted by Crippen LogP contribution is -2.10. The first-order valence-corrected chi connectivity index (χ1v) is 6.83. The molecule has 0 unspecified atom stereocenters. The number of hydrogen-bond acceptors (Lipinski definition) is 5. The van der Waals surface area contributed by atoms with Crippen molar-refractivity contribution in [3.05, 3.63) is 42.2 Å². The summed E-state index contributed by atoms with van der Waals surface area (Å²) in [7, 11) is 1.77. The highest BCUT2D eigenvalue weighted by Gasteiger charge is 2.19. The molecule has 0 bridgehead atoms. The molecular formula is C14H14F2N6O. The van der Waals surface area contributed by atoms with E-state index >= 15 is 0 Å². The fraction of sp³-hybridized carbons (Fsp3) is 0.286. The van der Waals surface area contributed by atoms with Crippen molar-refractivity contribution in [2.24, 2.45) is 12.2 Å². The van der Waals surface area contributed by atoms with Crippen LogP contribution >= 0.6 is 0 Å². The van der Waals surface area contributed by atoms with E-state index in [0.29, 0.717) is 16.9 Å². The summed E-state index contributed by atoms with van der Waals surface area (Å²) in [6.07, 6.45) is 1.53. The predicted molar refractivity (Wildman–Crippen MR) is 79.0 cm³/mol. The molecular weight excluding hydrogens is 306 g/mol. The zero-order valence-electron chi connectivity index (χ0n) is 12.5. The molecule has 2 heterocycles. The Hall–Kier alpha value is -2.84. The second kappa shape index (κ2) is 6.11. The number of aryl methyl sites for hydroxylation is 1. The van der Waals surface area contributed by atoms with Gasteiger partial charge in [0.1, 0.15) is 12.0 Å². The molecule has 0 atom stereocenters. The van der Waals surface area contributed by atoms with Gasteiger partial charge in [-0.15, -0.1) is 10.2 Å². The summed E-state index contributed by atoms with van der Waals surface area (Å²) in [5.74, 6) is 0.642. The highest BCUT2D eigenvalue weighted by molar-refractivity contribution is 5.98. The molecule has 1 aromatic carbocycles. The number of hydrogen-bond donors (Lipinski definition) is 0. The molecule has 23 heavy (non-hydrogen) atoms. The van der Waals surface area contributed by atoms with Gasteiger partial charge in [0.25, 0.3) is 0 Å². The number of rotatable bonds is 5. The SMILES string of the molecule is C/C(=N\OCc1nncn1C)c1nc2ccccc2n1C(F)F. The molecule has 0 aliphatic rings.